The van der Waals surface area contributed by atoms with E-state index in [1.165, 1.54) is 29.2 Å². The summed E-state index contributed by atoms with van der Waals surface area (Å²) in [5.74, 6) is -0.180. The fourth-order valence-corrected chi connectivity index (χ4v) is 4.85. The Morgan fingerprint density at radius 2 is 1.93 bits per heavy atom. The van der Waals surface area contributed by atoms with E-state index in [2.05, 4.69) is 20.8 Å². The van der Waals surface area contributed by atoms with Crippen molar-refractivity contribution < 1.29 is 13.2 Å². The number of nitrogens with zero attached hydrogens (tertiary/aromatic N) is 2. The van der Waals surface area contributed by atoms with E-state index < -0.39 is 10.0 Å². The van der Waals surface area contributed by atoms with Gasteiger partial charge in [0, 0.05) is 11.4 Å². The number of hydrogen-bond donors (Lipinski definition) is 3. The highest BCUT2D eigenvalue weighted by Gasteiger charge is 2.14. The molecule has 0 spiro atoms. The molecule has 0 aliphatic rings. The lowest BCUT2D eigenvalue weighted by Crippen LogP contribution is -2.17. The maximum atomic E-state index is 12.2. The molecular weight excluding hydrogens is 430 g/mol. The molecule has 0 saturated carbocycles. The number of benzene rings is 2. The van der Waals surface area contributed by atoms with Crippen molar-refractivity contribution in [1.29, 1.82) is 0 Å². The number of thioether (sulfide) groups is 1. The molecule has 0 fully saturated rings. The van der Waals surface area contributed by atoms with Crippen LogP contribution in [0.4, 0.5) is 16.5 Å². The van der Waals surface area contributed by atoms with Crippen LogP contribution in [0.25, 0.3) is 0 Å². The van der Waals surface area contributed by atoms with Crippen LogP contribution in [0.15, 0.2) is 51.7 Å². The van der Waals surface area contributed by atoms with Gasteiger partial charge in [-0.05, 0) is 49.2 Å². The number of primary sulfonamides is 1. The standard InChI is InChI=1S/C18H19N5O3S3/c1-11-4-3-5-13(8-11)21-17-22-23-18(28-17)27-10-16(24)20-14-7-6-12(2)15(9-14)29(19,25)26/h3-9H,10H2,1-2H3,(H,20,24)(H,21,22)(H2,19,25,26). The lowest BCUT2D eigenvalue weighted by atomic mass is 10.2. The molecule has 0 aliphatic carbocycles. The number of amides is 1. The van der Waals surface area contributed by atoms with E-state index in [0.717, 1.165) is 11.3 Å². The second-order valence-corrected chi connectivity index (χ2v) is 9.96. The summed E-state index contributed by atoms with van der Waals surface area (Å²) in [6.45, 7) is 3.64. The van der Waals surface area contributed by atoms with Crippen LogP contribution < -0.4 is 15.8 Å². The van der Waals surface area contributed by atoms with Crippen molar-refractivity contribution in [2.45, 2.75) is 23.1 Å². The number of hydrogen-bond acceptors (Lipinski definition) is 8. The van der Waals surface area contributed by atoms with Crippen molar-refractivity contribution in [3.63, 3.8) is 0 Å². The van der Waals surface area contributed by atoms with Gasteiger partial charge in [-0.2, -0.15) is 0 Å². The molecule has 0 saturated heterocycles. The number of sulfonamides is 1. The minimum absolute atomic E-state index is 0.0149. The van der Waals surface area contributed by atoms with Crippen molar-refractivity contribution in [1.82, 2.24) is 10.2 Å². The van der Waals surface area contributed by atoms with Crippen molar-refractivity contribution >= 4 is 55.5 Å². The van der Waals surface area contributed by atoms with Crippen LogP contribution in [0, 0.1) is 13.8 Å². The second kappa shape index (κ2) is 8.91. The van der Waals surface area contributed by atoms with Crippen molar-refractivity contribution in [3.8, 4) is 0 Å². The molecule has 29 heavy (non-hydrogen) atoms. The molecule has 0 aliphatic heterocycles. The third-order valence-electron chi connectivity index (χ3n) is 3.78. The molecule has 1 aromatic heterocycles. The highest BCUT2D eigenvalue weighted by Crippen LogP contribution is 2.28. The van der Waals surface area contributed by atoms with E-state index >= 15 is 0 Å². The second-order valence-electron chi connectivity index (χ2n) is 6.23. The van der Waals surface area contributed by atoms with Crippen LogP contribution in [0.3, 0.4) is 0 Å². The van der Waals surface area contributed by atoms with Crippen molar-refractivity contribution in [2.75, 3.05) is 16.4 Å². The Kier molecular flexibility index (Phi) is 6.52. The molecule has 8 nitrogen and oxygen atoms in total. The summed E-state index contributed by atoms with van der Waals surface area (Å²) in [6.07, 6.45) is 0. The van der Waals surface area contributed by atoms with E-state index in [9.17, 15) is 13.2 Å². The first-order chi connectivity index (χ1) is 13.7. The fourth-order valence-electron chi connectivity index (χ4n) is 2.47. The molecule has 1 heterocycles. The smallest absolute Gasteiger partial charge is 0.238 e. The fraction of sp³-hybridized carbons (Fsp3) is 0.167. The van der Waals surface area contributed by atoms with Gasteiger partial charge in [0.2, 0.25) is 21.1 Å². The van der Waals surface area contributed by atoms with Gasteiger partial charge in [-0.1, -0.05) is 41.3 Å². The summed E-state index contributed by atoms with van der Waals surface area (Å²) in [7, 11) is -3.85. The molecule has 11 heteroatoms. The van der Waals surface area contributed by atoms with Gasteiger partial charge in [-0.25, -0.2) is 13.6 Å². The molecule has 2 aromatic carbocycles. The third kappa shape index (κ3) is 6.00. The number of anilines is 3. The normalized spacial score (nSPS) is 11.3. The Morgan fingerprint density at radius 1 is 1.14 bits per heavy atom. The van der Waals surface area contributed by atoms with Gasteiger partial charge in [-0.3, -0.25) is 4.79 Å². The molecule has 1 amide bonds. The number of carbonyl (C=O) groups is 1. The molecule has 0 radical (unpaired) electrons. The first kappa shape index (κ1) is 21.2. The zero-order valence-electron chi connectivity index (χ0n) is 15.7. The van der Waals surface area contributed by atoms with Crippen LogP contribution in [0.1, 0.15) is 11.1 Å². The average Bonchev–Trinajstić information content (AvgIpc) is 3.08. The van der Waals surface area contributed by atoms with Gasteiger partial charge in [0.05, 0.1) is 10.6 Å². The third-order valence-corrected chi connectivity index (χ3v) is 6.81. The van der Waals surface area contributed by atoms with Crippen molar-refractivity contribution in [3.05, 3.63) is 53.6 Å². The van der Waals surface area contributed by atoms with Crippen LogP contribution >= 0.6 is 23.1 Å². The summed E-state index contributed by atoms with van der Waals surface area (Å²) < 4.78 is 23.8. The van der Waals surface area contributed by atoms with Crippen molar-refractivity contribution in [2.24, 2.45) is 5.14 Å². The SMILES string of the molecule is Cc1cccc(Nc2nnc(SCC(=O)Nc3ccc(C)c(S(N)(=O)=O)c3)s2)c1. The van der Waals surface area contributed by atoms with Gasteiger partial charge in [0.25, 0.3) is 0 Å². The number of nitrogens with one attached hydrogen (secondary N) is 2. The molecule has 0 unspecified atom stereocenters. The maximum absolute atomic E-state index is 12.2. The first-order valence-corrected chi connectivity index (χ1v) is 11.8. The van der Waals surface area contributed by atoms with Crippen LogP contribution in [0.2, 0.25) is 0 Å². The summed E-state index contributed by atoms with van der Waals surface area (Å²) in [4.78, 5) is 12.2. The summed E-state index contributed by atoms with van der Waals surface area (Å²) >= 11 is 2.59. The van der Waals surface area contributed by atoms with E-state index in [1.807, 2.05) is 31.2 Å². The predicted molar refractivity (Wildman–Crippen MR) is 116 cm³/mol. The van der Waals surface area contributed by atoms with Gasteiger partial charge in [0.15, 0.2) is 4.34 Å². The molecular formula is C18H19N5O3S3. The highest BCUT2D eigenvalue weighted by atomic mass is 32.2. The number of rotatable bonds is 7. The van der Waals surface area contributed by atoms with E-state index in [1.54, 1.807) is 19.1 Å². The Morgan fingerprint density at radius 3 is 2.66 bits per heavy atom. The monoisotopic (exact) mass is 449 g/mol. The number of aryl methyl sites for hydroxylation is 2. The van der Waals surface area contributed by atoms with Gasteiger partial charge in [0.1, 0.15) is 0 Å². The highest BCUT2D eigenvalue weighted by molar-refractivity contribution is 8.01. The Hall–Kier alpha value is -2.47. The first-order valence-electron chi connectivity index (χ1n) is 8.44. The Labute approximate surface area is 177 Å². The Balaban J connectivity index is 1.57. The topological polar surface area (TPSA) is 127 Å². The maximum Gasteiger partial charge on any atom is 0.238 e. The van der Waals surface area contributed by atoms with E-state index in [0.29, 0.717) is 20.7 Å². The summed E-state index contributed by atoms with van der Waals surface area (Å²) in [5.41, 5.74) is 2.93. The Bertz CT molecular complexity index is 1150. The number of carbonyl (C=O) groups excluding carboxylic acids is 1. The molecule has 4 N–H and O–H groups in total. The van der Waals surface area contributed by atoms with Crippen LogP contribution in [-0.2, 0) is 14.8 Å². The van der Waals surface area contributed by atoms with E-state index in [4.69, 9.17) is 5.14 Å². The predicted octanol–water partition coefficient (Wildman–Crippen LogP) is 3.28. The largest absolute Gasteiger partial charge is 0.330 e. The van der Waals surface area contributed by atoms with Gasteiger partial charge >= 0.3 is 0 Å². The quantitative estimate of drug-likeness (QED) is 0.472. The molecule has 3 aromatic rings. The minimum Gasteiger partial charge on any atom is -0.330 e. The zero-order valence-corrected chi connectivity index (χ0v) is 18.1. The molecule has 152 valence electrons. The van der Waals surface area contributed by atoms with Gasteiger partial charge in [-0.15, -0.1) is 10.2 Å². The number of nitrogens with two attached hydrogens (primary N) is 1. The zero-order chi connectivity index (χ0) is 21.0. The molecule has 0 bridgehead atoms. The lowest BCUT2D eigenvalue weighted by Gasteiger charge is -2.08. The number of aromatic nitrogens is 2. The van der Waals surface area contributed by atoms with Crippen LogP contribution in [0.5, 0.6) is 0 Å². The average molecular weight is 450 g/mol. The van der Waals surface area contributed by atoms with Gasteiger partial charge < -0.3 is 10.6 Å². The molecule has 3 rings (SSSR count). The summed E-state index contributed by atoms with van der Waals surface area (Å²) in [5, 5.41) is 19.8. The van der Waals surface area contributed by atoms with E-state index in [-0.39, 0.29) is 16.6 Å². The van der Waals surface area contributed by atoms with Crippen LogP contribution in [-0.4, -0.2) is 30.3 Å². The lowest BCUT2D eigenvalue weighted by molar-refractivity contribution is -0.113. The molecule has 0 atom stereocenters. The minimum atomic E-state index is -3.85. The summed E-state index contributed by atoms with van der Waals surface area (Å²) in [6, 6.07) is 12.5.